The summed E-state index contributed by atoms with van der Waals surface area (Å²) < 4.78 is 32.8. The van der Waals surface area contributed by atoms with E-state index in [2.05, 4.69) is 4.72 Å². The number of nitrogens with one attached hydrogen (secondary N) is 1. The summed E-state index contributed by atoms with van der Waals surface area (Å²) in [5, 5.41) is 9.28. The van der Waals surface area contributed by atoms with Gasteiger partial charge in [-0.2, -0.15) is 5.26 Å². The first-order chi connectivity index (χ1) is 9.89. The first-order valence-corrected chi connectivity index (χ1v) is 8.34. The number of benzene rings is 1. The molecule has 1 fully saturated rings. The van der Waals surface area contributed by atoms with Crippen LogP contribution in [0.5, 0.6) is 0 Å². The Hall–Kier alpha value is -1.17. The molecule has 1 saturated carbocycles. The smallest absolute Gasteiger partial charge is 0.242 e. The van der Waals surface area contributed by atoms with Gasteiger partial charge in [-0.05, 0) is 31.5 Å². The Kier molecular flexibility index (Phi) is 4.86. The second-order valence-corrected chi connectivity index (χ2v) is 6.91. The molecule has 8 heteroatoms. The van der Waals surface area contributed by atoms with Gasteiger partial charge in [0.05, 0.1) is 17.7 Å². The summed E-state index contributed by atoms with van der Waals surface area (Å²) in [5.74, 6) is 0. The predicted molar refractivity (Wildman–Crippen MR) is 78.3 cm³/mol. The molecule has 3 unspecified atom stereocenters. The van der Waals surface area contributed by atoms with Crippen molar-refractivity contribution in [3.8, 4) is 6.07 Å². The predicted octanol–water partition coefficient (Wildman–Crippen LogP) is 0.995. The lowest BCUT2D eigenvalue weighted by Gasteiger charge is -2.42. The van der Waals surface area contributed by atoms with E-state index < -0.39 is 16.1 Å². The van der Waals surface area contributed by atoms with E-state index in [1.165, 1.54) is 18.2 Å². The van der Waals surface area contributed by atoms with Gasteiger partial charge in [-0.25, -0.2) is 13.1 Å². The van der Waals surface area contributed by atoms with Crippen LogP contribution in [0, 0.1) is 11.3 Å². The number of nitriles is 1. The Morgan fingerprint density at radius 2 is 2.29 bits per heavy atom. The lowest BCUT2D eigenvalue weighted by atomic mass is 9.84. The maximum absolute atomic E-state index is 12.4. The van der Waals surface area contributed by atoms with Gasteiger partial charge in [-0.1, -0.05) is 11.6 Å². The third kappa shape index (κ3) is 3.36. The zero-order valence-corrected chi connectivity index (χ0v) is 13.0. The maximum atomic E-state index is 12.4. The summed E-state index contributed by atoms with van der Waals surface area (Å²) in [6.07, 6.45) is 0.353. The van der Waals surface area contributed by atoms with E-state index in [0.29, 0.717) is 13.0 Å². The molecule has 114 valence electrons. The molecule has 0 bridgehead atoms. The van der Waals surface area contributed by atoms with Crippen LogP contribution in [0.25, 0.3) is 0 Å². The molecule has 2 rings (SSSR count). The van der Waals surface area contributed by atoms with Crippen LogP contribution < -0.4 is 10.5 Å². The molecule has 1 aromatic carbocycles. The minimum Gasteiger partial charge on any atom is -0.377 e. The summed E-state index contributed by atoms with van der Waals surface area (Å²) in [6, 6.07) is 5.14. The molecular weight excluding hydrogens is 314 g/mol. The summed E-state index contributed by atoms with van der Waals surface area (Å²) >= 11 is 5.82. The van der Waals surface area contributed by atoms with Gasteiger partial charge < -0.3 is 10.5 Å². The highest BCUT2D eigenvalue weighted by Gasteiger charge is 2.42. The lowest BCUT2D eigenvalue weighted by Crippen LogP contribution is -2.64. The van der Waals surface area contributed by atoms with E-state index in [4.69, 9.17) is 27.3 Å². The fraction of sp³-hybridized carbons (Fsp3) is 0.462. The molecule has 0 aromatic heterocycles. The number of sulfonamides is 1. The molecule has 1 aliphatic rings. The van der Waals surface area contributed by atoms with Crippen LogP contribution in [0.2, 0.25) is 5.02 Å². The Morgan fingerprint density at radius 1 is 1.57 bits per heavy atom. The van der Waals surface area contributed by atoms with E-state index >= 15 is 0 Å². The molecular formula is C13H16ClN3O3S. The quantitative estimate of drug-likeness (QED) is 0.838. The SMILES string of the molecule is CCOC1CC(N)C1NS(=O)(=O)c1cc(Cl)ccc1C#N. The molecule has 1 aromatic rings. The van der Waals surface area contributed by atoms with Gasteiger partial charge in [0.15, 0.2) is 0 Å². The molecule has 0 aliphatic heterocycles. The van der Waals surface area contributed by atoms with Crippen LogP contribution in [0.1, 0.15) is 18.9 Å². The number of nitrogens with two attached hydrogens (primary N) is 1. The Labute approximate surface area is 128 Å². The maximum Gasteiger partial charge on any atom is 0.242 e. The van der Waals surface area contributed by atoms with Crippen molar-refractivity contribution in [3.63, 3.8) is 0 Å². The zero-order chi connectivity index (χ0) is 15.6. The highest BCUT2D eigenvalue weighted by atomic mass is 35.5. The minimum atomic E-state index is -3.89. The molecule has 0 amide bonds. The van der Waals surface area contributed by atoms with Crippen molar-refractivity contribution in [3.05, 3.63) is 28.8 Å². The van der Waals surface area contributed by atoms with Gasteiger partial charge in [0.2, 0.25) is 10.0 Å². The first-order valence-electron chi connectivity index (χ1n) is 6.48. The minimum absolute atomic E-state index is 0.0350. The van der Waals surface area contributed by atoms with Crippen LogP contribution >= 0.6 is 11.6 Å². The molecule has 0 saturated heterocycles. The second kappa shape index (κ2) is 6.30. The average molecular weight is 330 g/mol. The molecule has 0 spiro atoms. The Morgan fingerprint density at radius 3 is 2.86 bits per heavy atom. The highest BCUT2D eigenvalue weighted by molar-refractivity contribution is 7.89. The molecule has 21 heavy (non-hydrogen) atoms. The van der Waals surface area contributed by atoms with Crippen molar-refractivity contribution in [1.29, 1.82) is 5.26 Å². The van der Waals surface area contributed by atoms with Crippen LogP contribution in [-0.4, -0.2) is 33.2 Å². The third-order valence-corrected chi connectivity index (χ3v) is 5.13. The number of rotatable bonds is 5. The van der Waals surface area contributed by atoms with Crippen molar-refractivity contribution < 1.29 is 13.2 Å². The number of hydrogen-bond acceptors (Lipinski definition) is 5. The molecule has 0 heterocycles. The topological polar surface area (TPSA) is 105 Å². The van der Waals surface area contributed by atoms with Gasteiger partial charge in [0.25, 0.3) is 0 Å². The van der Waals surface area contributed by atoms with E-state index in [0.717, 1.165) is 0 Å². The van der Waals surface area contributed by atoms with E-state index in [-0.39, 0.29) is 27.6 Å². The Balaban J connectivity index is 2.27. The largest absolute Gasteiger partial charge is 0.377 e. The summed E-state index contributed by atoms with van der Waals surface area (Å²) in [4.78, 5) is -0.146. The summed E-state index contributed by atoms with van der Waals surface area (Å²) in [6.45, 7) is 2.32. The third-order valence-electron chi connectivity index (χ3n) is 3.39. The summed E-state index contributed by atoms with van der Waals surface area (Å²) in [5.41, 5.74) is 5.87. The lowest BCUT2D eigenvalue weighted by molar-refractivity contribution is -0.0248. The Bertz CT molecular complexity index is 670. The van der Waals surface area contributed by atoms with Gasteiger partial charge in [-0.3, -0.25) is 0 Å². The normalized spacial score (nSPS) is 25.1. The fourth-order valence-corrected chi connectivity index (χ4v) is 3.98. The number of halogens is 1. The number of ether oxygens (including phenoxy) is 1. The van der Waals surface area contributed by atoms with Gasteiger partial charge in [0, 0.05) is 17.7 Å². The van der Waals surface area contributed by atoms with Crippen LogP contribution in [0.15, 0.2) is 23.1 Å². The zero-order valence-electron chi connectivity index (χ0n) is 11.4. The molecule has 3 N–H and O–H groups in total. The average Bonchev–Trinajstić information content (AvgIpc) is 2.45. The highest BCUT2D eigenvalue weighted by Crippen LogP contribution is 2.26. The van der Waals surface area contributed by atoms with Crippen molar-refractivity contribution in [2.45, 2.75) is 36.4 Å². The van der Waals surface area contributed by atoms with E-state index in [9.17, 15) is 8.42 Å². The van der Waals surface area contributed by atoms with Crippen molar-refractivity contribution in [1.82, 2.24) is 4.72 Å². The molecule has 0 radical (unpaired) electrons. The number of nitrogens with zero attached hydrogens (tertiary/aromatic N) is 1. The van der Waals surface area contributed by atoms with Crippen LogP contribution in [-0.2, 0) is 14.8 Å². The molecule has 1 aliphatic carbocycles. The standard InChI is InChI=1S/C13H16ClN3O3S/c1-2-20-11-6-10(16)13(11)17-21(18,19)12-5-9(14)4-3-8(12)7-15/h3-5,10-11,13,17H,2,6,16H2,1H3. The number of hydrogen-bond donors (Lipinski definition) is 2. The van der Waals surface area contributed by atoms with Crippen molar-refractivity contribution in [2.24, 2.45) is 5.73 Å². The van der Waals surface area contributed by atoms with Crippen LogP contribution in [0.4, 0.5) is 0 Å². The first kappa shape index (κ1) is 16.2. The van der Waals surface area contributed by atoms with Crippen LogP contribution in [0.3, 0.4) is 0 Å². The summed E-state index contributed by atoms with van der Waals surface area (Å²) in [7, 11) is -3.89. The van der Waals surface area contributed by atoms with E-state index in [1.807, 2.05) is 13.0 Å². The van der Waals surface area contributed by atoms with Gasteiger partial charge >= 0.3 is 0 Å². The fourth-order valence-electron chi connectivity index (χ4n) is 2.24. The van der Waals surface area contributed by atoms with Crippen molar-refractivity contribution in [2.75, 3.05) is 6.61 Å². The van der Waals surface area contributed by atoms with Gasteiger partial charge in [-0.15, -0.1) is 0 Å². The monoisotopic (exact) mass is 329 g/mol. The van der Waals surface area contributed by atoms with Gasteiger partial charge in [0.1, 0.15) is 11.0 Å². The molecule has 6 nitrogen and oxygen atoms in total. The van der Waals surface area contributed by atoms with Crippen molar-refractivity contribution >= 4 is 21.6 Å². The van der Waals surface area contributed by atoms with E-state index in [1.54, 1.807) is 0 Å². The molecule has 3 atom stereocenters. The second-order valence-electron chi connectivity index (χ2n) is 4.79.